The predicted octanol–water partition coefficient (Wildman–Crippen LogP) is 6.29. The van der Waals surface area contributed by atoms with Crippen molar-refractivity contribution in [3.05, 3.63) is 67.9 Å². The van der Waals surface area contributed by atoms with Crippen LogP contribution in [0.3, 0.4) is 0 Å². The summed E-state index contributed by atoms with van der Waals surface area (Å²) in [5.74, 6) is -1.28. The monoisotopic (exact) mass is 464 g/mol. The number of allylic oxidation sites excluding steroid dienone is 6. The molecule has 1 heterocycles. The van der Waals surface area contributed by atoms with Crippen molar-refractivity contribution in [2.24, 2.45) is 0 Å². The molecule has 0 spiro atoms. The van der Waals surface area contributed by atoms with E-state index in [-0.39, 0.29) is 63.8 Å². The van der Waals surface area contributed by atoms with Crippen LogP contribution in [0.2, 0.25) is 0 Å². The van der Waals surface area contributed by atoms with Gasteiger partial charge in [0.1, 0.15) is 28.1 Å². The van der Waals surface area contributed by atoms with Crippen molar-refractivity contribution in [2.45, 2.75) is 60.8 Å². The zero-order chi connectivity index (χ0) is 25.3. The molecular formula is C28H32O6. The fourth-order valence-electron chi connectivity index (χ4n) is 3.89. The average Bonchev–Trinajstić information content (AvgIpc) is 2.73. The molecule has 34 heavy (non-hydrogen) atoms. The molecule has 0 unspecified atom stereocenters. The van der Waals surface area contributed by atoms with E-state index in [0.717, 1.165) is 16.7 Å². The molecule has 6 heteroatoms. The molecule has 0 aliphatic carbocycles. The van der Waals surface area contributed by atoms with E-state index in [1.807, 2.05) is 59.8 Å². The van der Waals surface area contributed by atoms with Gasteiger partial charge < -0.3 is 24.8 Å². The lowest BCUT2D eigenvalue weighted by Crippen LogP contribution is -2.08. The number of phenols is 4. The fourth-order valence-corrected chi connectivity index (χ4v) is 3.89. The van der Waals surface area contributed by atoms with Gasteiger partial charge in [-0.2, -0.15) is 0 Å². The second kappa shape index (κ2) is 9.67. The van der Waals surface area contributed by atoms with E-state index >= 15 is 0 Å². The molecule has 0 saturated carbocycles. The second-order valence-electron chi connectivity index (χ2n) is 9.34. The van der Waals surface area contributed by atoms with Gasteiger partial charge in [0.25, 0.3) is 0 Å². The third-order valence-corrected chi connectivity index (χ3v) is 5.75. The van der Waals surface area contributed by atoms with Crippen LogP contribution in [0.5, 0.6) is 23.0 Å². The van der Waals surface area contributed by atoms with Crippen LogP contribution in [0.25, 0.3) is 21.9 Å². The highest BCUT2D eigenvalue weighted by molar-refractivity contribution is 5.99. The first-order valence-corrected chi connectivity index (χ1v) is 11.2. The van der Waals surface area contributed by atoms with Gasteiger partial charge in [0.15, 0.2) is 11.5 Å². The van der Waals surface area contributed by atoms with Crippen LogP contribution in [-0.4, -0.2) is 20.4 Å². The van der Waals surface area contributed by atoms with Gasteiger partial charge in [0.2, 0.25) is 5.43 Å². The Labute approximate surface area is 198 Å². The van der Waals surface area contributed by atoms with Gasteiger partial charge in [0.05, 0.1) is 5.39 Å². The van der Waals surface area contributed by atoms with Crippen molar-refractivity contribution >= 4 is 21.9 Å². The lowest BCUT2D eigenvalue weighted by Gasteiger charge is -2.16. The van der Waals surface area contributed by atoms with Crippen molar-refractivity contribution in [1.29, 1.82) is 0 Å². The van der Waals surface area contributed by atoms with E-state index in [9.17, 15) is 25.2 Å². The summed E-state index contributed by atoms with van der Waals surface area (Å²) in [6, 6.07) is 1.19. The van der Waals surface area contributed by atoms with Gasteiger partial charge in [-0.05, 0) is 60.8 Å². The topological polar surface area (TPSA) is 111 Å². The van der Waals surface area contributed by atoms with Crippen molar-refractivity contribution in [3.8, 4) is 23.0 Å². The van der Waals surface area contributed by atoms with Gasteiger partial charge in [-0.3, -0.25) is 4.79 Å². The normalized spacial score (nSPS) is 11.0. The number of rotatable bonds is 6. The van der Waals surface area contributed by atoms with Gasteiger partial charge in [-0.25, -0.2) is 0 Å². The molecule has 6 nitrogen and oxygen atoms in total. The van der Waals surface area contributed by atoms with Crippen molar-refractivity contribution in [3.63, 3.8) is 0 Å². The zero-order valence-corrected chi connectivity index (χ0v) is 20.5. The Kier molecular flexibility index (Phi) is 7.10. The third kappa shape index (κ3) is 4.67. The number of hydrogen-bond acceptors (Lipinski definition) is 6. The lowest BCUT2D eigenvalue weighted by atomic mass is 9.94. The Morgan fingerprint density at radius 3 is 1.74 bits per heavy atom. The van der Waals surface area contributed by atoms with E-state index in [1.165, 1.54) is 6.07 Å². The van der Waals surface area contributed by atoms with E-state index in [2.05, 4.69) is 0 Å². The summed E-state index contributed by atoms with van der Waals surface area (Å²) in [6.45, 7) is 11.4. The SMILES string of the molecule is CC(C)=CCc1c(O)c(CC=C(C)C)c2oc3cc(O)c(O)c(CC=C(C)C)c3c(=O)c2c1O. The van der Waals surface area contributed by atoms with E-state index < -0.39 is 16.9 Å². The molecule has 0 amide bonds. The number of benzene rings is 2. The molecule has 3 aromatic rings. The molecular weight excluding hydrogens is 432 g/mol. The van der Waals surface area contributed by atoms with Crippen LogP contribution in [0.1, 0.15) is 58.2 Å². The molecule has 0 radical (unpaired) electrons. The van der Waals surface area contributed by atoms with Crippen LogP contribution in [0.15, 0.2) is 50.2 Å². The first-order valence-electron chi connectivity index (χ1n) is 11.2. The number of aromatic hydroxyl groups is 4. The van der Waals surface area contributed by atoms with Crippen LogP contribution in [0.4, 0.5) is 0 Å². The van der Waals surface area contributed by atoms with Crippen LogP contribution in [0, 0.1) is 0 Å². The second-order valence-corrected chi connectivity index (χ2v) is 9.34. The molecule has 0 saturated heterocycles. The highest BCUT2D eigenvalue weighted by atomic mass is 16.3. The molecule has 0 atom stereocenters. The minimum absolute atomic E-state index is 0.0526. The maximum absolute atomic E-state index is 13.8. The Hall–Kier alpha value is -3.67. The number of phenolic OH excluding ortho intramolecular Hbond substituents is 4. The van der Waals surface area contributed by atoms with Crippen molar-refractivity contribution in [2.75, 3.05) is 0 Å². The predicted molar refractivity (Wildman–Crippen MR) is 136 cm³/mol. The first kappa shape index (κ1) is 25.0. The number of fused-ring (bicyclic) bond motifs is 2. The minimum Gasteiger partial charge on any atom is -0.507 e. The standard InChI is InChI=1S/C28H32O6/c1-14(2)7-10-17-22-21(13-20(29)25(17)31)34-28-19(12-9-16(5)6)24(30)18(11-8-15(3)4)26(32)23(28)27(22)33/h7-9,13,29-32H,10-12H2,1-6H3. The third-order valence-electron chi connectivity index (χ3n) is 5.75. The maximum atomic E-state index is 13.8. The summed E-state index contributed by atoms with van der Waals surface area (Å²) in [5, 5.41) is 43.1. The van der Waals surface area contributed by atoms with Crippen molar-refractivity contribution in [1.82, 2.24) is 0 Å². The van der Waals surface area contributed by atoms with Crippen molar-refractivity contribution < 1.29 is 24.8 Å². The molecule has 0 aliphatic heterocycles. The minimum atomic E-state index is -0.530. The Balaban J connectivity index is 2.54. The molecule has 1 aromatic heterocycles. The smallest absolute Gasteiger partial charge is 0.204 e. The Morgan fingerprint density at radius 2 is 1.21 bits per heavy atom. The summed E-state index contributed by atoms with van der Waals surface area (Å²) < 4.78 is 6.06. The van der Waals surface area contributed by atoms with E-state index in [1.54, 1.807) is 0 Å². The van der Waals surface area contributed by atoms with Gasteiger partial charge >= 0.3 is 0 Å². The maximum Gasteiger partial charge on any atom is 0.204 e. The van der Waals surface area contributed by atoms with Gasteiger partial charge in [0, 0.05) is 22.8 Å². The molecule has 0 fully saturated rings. The Morgan fingerprint density at radius 1 is 0.706 bits per heavy atom. The molecule has 180 valence electrons. The zero-order valence-electron chi connectivity index (χ0n) is 20.5. The number of hydrogen-bond donors (Lipinski definition) is 4. The summed E-state index contributed by atoms with van der Waals surface area (Å²) >= 11 is 0. The highest BCUT2D eigenvalue weighted by Gasteiger charge is 2.25. The van der Waals surface area contributed by atoms with E-state index in [0.29, 0.717) is 5.56 Å². The lowest BCUT2D eigenvalue weighted by molar-refractivity contribution is 0.400. The summed E-state index contributed by atoms with van der Waals surface area (Å²) in [4.78, 5) is 13.8. The van der Waals surface area contributed by atoms with Crippen LogP contribution in [-0.2, 0) is 19.3 Å². The summed E-state index contributed by atoms with van der Waals surface area (Å²) in [7, 11) is 0. The highest BCUT2D eigenvalue weighted by Crippen LogP contribution is 2.43. The molecule has 3 rings (SSSR count). The summed E-state index contributed by atoms with van der Waals surface area (Å²) in [5.41, 5.74) is 3.43. The molecule has 2 aromatic carbocycles. The largest absolute Gasteiger partial charge is 0.507 e. The quantitative estimate of drug-likeness (QED) is 0.194. The molecule has 0 aliphatic rings. The molecule has 0 bridgehead atoms. The van der Waals surface area contributed by atoms with Gasteiger partial charge in [-0.1, -0.05) is 34.9 Å². The summed E-state index contributed by atoms with van der Waals surface area (Å²) in [6.07, 6.45) is 6.31. The first-order chi connectivity index (χ1) is 15.9. The fraction of sp³-hybridized carbons (Fsp3) is 0.321. The average molecular weight is 465 g/mol. The van der Waals surface area contributed by atoms with Gasteiger partial charge in [-0.15, -0.1) is 0 Å². The molecule has 4 N–H and O–H groups in total. The van der Waals surface area contributed by atoms with Crippen LogP contribution < -0.4 is 5.43 Å². The Bertz CT molecular complexity index is 1420. The van der Waals surface area contributed by atoms with E-state index in [4.69, 9.17) is 4.42 Å². The van der Waals surface area contributed by atoms with Crippen LogP contribution >= 0.6 is 0 Å².